The van der Waals surface area contributed by atoms with Crippen LogP contribution in [-0.4, -0.2) is 34.0 Å². The number of Topliss-reactive ketones (excluding diaryl/α,β-unsaturated/α-hetero) is 1. The molecule has 6 rings (SSSR count). The van der Waals surface area contributed by atoms with Crippen LogP contribution >= 0.6 is 0 Å². The Morgan fingerprint density at radius 2 is 1.47 bits per heavy atom. The van der Waals surface area contributed by atoms with Crippen LogP contribution in [-0.2, 0) is 9.53 Å². The Morgan fingerprint density at radius 1 is 0.794 bits per heavy atom. The quantitative estimate of drug-likeness (QED) is 0.462. The van der Waals surface area contributed by atoms with Crippen LogP contribution in [0.3, 0.4) is 0 Å². The zero-order valence-corrected chi connectivity index (χ0v) is 22.7. The van der Waals surface area contributed by atoms with Crippen LogP contribution in [0, 0.1) is 50.2 Å². The summed E-state index contributed by atoms with van der Waals surface area (Å²) in [7, 11) is 0. The van der Waals surface area contributed by atoms with E-state index in [9.17, 15) is 15.0 Å². The summed E-state index contributed by atoms with van der Waals surface area (Å²) in [5.41, 5.74) is -1.10. The van der Waals surface area contributed by atoms with Gasteiger partial charge in [-0.15, -0.1) is 0 Å². The second-order valence-corrected chi connectivity index (χ2v) is 15.7. The van der Waals surface area contributed by atoms with Gasteiger partial charge >= 0.3 is 0 Å². The largest absolute Gasteiger partial charge is 0.393 e. The highest BCUT2D eigenvalue weighted by atomic mass is 16.6. The molecule has 2 bridgehead atoms. The predicted molar refractivity (Wildman–Crippen MR) is 132 cm³/mol. The second kappa shape index (κ2) is 6.51. The van der Waals surface area contributed by atoms with E-state index in [4.69, 9.17) is 4.74 Å². The van der Waals surface area contributed by atoms with Crippen molar-refractivity contribution in [3.8, 4) is 0 Å². The molecule has 1 heterocycles. The van der Waals surface area contributed by atoms with Crippen LogP contribution in [0.4, 0.5) is 0 Å². The third-order valence-corrected chi connectivity index (χ3v) is 14.0. The standard InChI is InChI=1S/C30H48O4/c1-24(2)14-15-29-20(16-24)30(34-23(29)33)13-9-19-26(5)11-10-21(31)25(3,4)18(26)8-12-27(19,6)28(30,7)17-22(29)32/h18-21,23,31,33H,8-17H2,1-7H3/t18-,19+,20+,21-,23-,26-,27+,28-,29+,30-/m0/s1. The third kappa shape index (κ3) is 2.37. The number of carbonyl (C=O) groups is 1. The molecule has 1 spiro atoms. The normalized spacial score (nSPS) is 59.4. The van der Waals surface area contributed by atoms with Crippen molar-refractivity contribution in [1.82, 2.24) is 0 Å². The first kappa shape index (κ1) is 23.9. The smallest absolute Gasteiger partial charge is 0.168 e. The van der Waals surface area contributed by atoms with E-state index < -0.39 is 17.3 Å². The van der Waals surface area contributed by atoms with Gasteiger partial charge in [-0.05, 0) is 91.3 Å². The first-order chi connectivity index (χ1) is 15.6. The molecule has 0 aromatic rings. The van der Waals surface area contributed by atoms with Crippen molar-refractivity contribution in [1.29, 1.82) is 0 Å². The number of hydrogen-bond donors (Lipinski definition) is 2. The zero-order chi connectivity index (χ0) is 24.7. The van der Waals surface area contributed by atoms with E-state index in [-0.39, 0.29) is 44.9 Å². The summed E-state index contributed by atoms with van der Waals surface area (Å²) in [5.74, 6) is 1.42. The fraction of sp³-hybridized carbons (Fsp3) is 0.967. The molecule has 0 radical (unpaired) electrons. The van der Waals surface area contributed by atoms with Crippen molar-refractivity contribution in [3.63, 3.8) is 0 Å². The average Bonchev–Trinajstić information content (AvgIpc) is 2.93. The van der Waals surface area contributed by atoms with Crippen LogP contribution in [0.5, 0.6) is 0 Å². The molecule has 4 heteroatoms. The Bertz CT molecular complexity index is 925. The van der Waals surface area contributed by atoms with Crippen molar-refractivity contribution in [2.75, 3.05) is 0 Å². The van der Waals surface area contributed by atoms with E-state index in [1.54, 1.807) is 0 Å². The number of aliphatic hydroxyl groups is 2. The van der Waals surface area contributed by atoms with E-state index in [1.165, 1.54) is 0 Å². The van der Waals surface area contributed by atoms with Gasteiger partial charge in [0.15, 0.2) is 6.29 Å². The molecule has 1 saturated heterocycles. The molecule has 2 N–H and O–H groups in total. The molecule has 0 unspecified atom stereocenters. The number of rotatable bonds is 0. The maximum absolute atomic E-state index is 14.1. The maximum atomic E-state index is 14.1. The lowest BCUT2D eigenvalue weighted by Gasteiger charge is -2.74. The first-order valence-electron chi connectivity index (χ1n) is 14.2. The first-order valence-corrected chi connectivity index (χ1v) is 14.2. The number of aliphatic hydroxyl groups excluding tert-OH is 2. The molecule has 34 heavy (non-hydrogen) atoms. The van der Waals surface area contributed by atoms with E-state index in [0.29, 0.717) is 18.3 Å². The molecule has 6 aliphatic rings. The maximum Gasteiger partial charge on any atom is 0.168 e. The SMILES string of the molecule is CC1(C)CC[C@@]23C(=O)C[C@]4(C)[C@@](CC[C@@H]5[C@@]6(C)CC[C@H](O)C(C)(C)[C@@H]6CC[C@]54C)(O[C@@H]2O)[C@@H]3C1. The van der Waals surface area contributed by atoms with Gasteiger partial charge in [0.25, 0.3) is 0 Å². The molecule has 0 aromatic heterocycles. The molecule has 6 fully saturated rings. The van der Waals surface area contributed by atoms with E-state index in [2.05, 4.69) is 48.5 Å². The fourth-order valence-corrected chi connectivity index (χ4v) is 11.8. The zero-order valence-electron chi connectivity index (χ0n) is 22.7. The summed E-state index contributed by atoms with van der Waals surface area (Å²) < 4.78 is 6.82. The number of ether oxygens (including phenoxy) is 1. The molecular weight excluding hydrogens is 424 g/mol. The van der Waals surface area contributed by atoms with Crippen LogP contribution in [0.2, 0.25) is 0 Å². The predicted octanol–water partition coefficient (Wildman–Crippen LogP) is 5.88. The van der Waals surface area contributed by atoms with E-state index in [1.807, 2.05) is 0 Å². The van der Waals surface area contributed by atoms with E-state index in [0.717, 1.165) is 57.8 Å². The van der Waals surface area contributed by atoms with Crippen LogP contribution in [0.25, 0.3) is 0 Å². The number of carbonyl (C=O) groups excluding carboxylic acids is 1. The lowest BCUT2D eigenvalue weighted by Crippen LogP contribution is -2.73. The van der Waals surface area contributed by atoms with Crippen LogP contribution in [0.15, 0.2) is 0 Å². The summed E-state index contributed by atoms with van der Waals surface area (Å²) in [5, 5.41) is 22.3. The van der Waals surface area contributed by atoms with Gasteiger partial charge in [0, 0.05) is 17.8 Å². The summed E-state index contributed by atoms with van der Waals surface area (Å²) in [6, 6.07) is 0. The van der Waals surface area contributed by atoms with Crippen molar-refractivity contribution >= 4 is 5.78 Å². The van der Waals surface area contributed by atoms with Gasteiger partial charge in [-0.1, -0.05) is 48.5 Å². The monoisotopic (exact) mass is 472 g/mol. The van der Waals surface area contributed by atoms with Gasteiger partial charge in [-0.25, -0.2) is 0 Å². The summed E-state index contributed by atoms with van der Waals surface area (Å²) in [4.78, 5) is 14.1. The highest BCUT2D eigenvalue weighted by molar-refractivity contribution is 5.89. The van der Waals surface area contributed by atoms with Gasteiger partial charge in [-0.2, -0.15) is 0 Å². The van der Waals surface area contributed by atoms with E-state index >= 15 is 0 Å². The molecule has 5 aliphatic carbocycles. The number of fused-ring (bicyclic) bond motifs is 4. The molecule has 4 nitrogen and oxygen atoms in total. The molecule has 0 amide bonds. The molecular formula is C30H48O4. The Balaban J connectivity index is 1.48. The summed E-state index contributed by atoms with van der Waals surface area (Å²) >= 11 is 0. The fourth-order valence-electron chi connectivity index (χ4n) is 11.8. The minimum Gasteiger partial charge on any atom is -0.393 e. The van der Waals surface area contributed by atoms with Crippen LogP contribution < -0.4 is 0 Å². The van der Waals surface area contributed by atoms with Crippen molar-refractivity contribution in [3.05, 3.63) is 0 Å². The second-order valence-electron chi connectivity index (χ2n) is 15.7. The molecule has 10 atom stereocenters. The Morgan fingerprint density at radius 3 is 2.18 bits per heavy atom. The number of hydrogen-bond acceptors (Lipinski definition) is 4. The van der Waals surface area contributed by atoms with Gasteiger partial charge < -0.3 is 14.9 Å². The van der Waals surface area contributed by atoms with Gasteiger partial charge in [0.05, 0.1) is 17.1 Å². The Kier molecular flexibility index (Phi) is 4.58. The highest BCUT2D eigenvalue weighted by Crippen LogP contribution is 2.80. The van der Waals surface area contributed by atoms with Crippen molar-refractivity contribution < 1.29 is 19.7 Å². The van der Waals surface area contributed by atoms with Crippen LogP contribution in [0.1, 0.15) is 113 Å². The van der Waals surface area contributed by atoms with Gasteiger partial charge in [0.2, 0.25) is 0 Å². The lowest BCUT2D eigenvalue weighted by atomic mass is 9.30. The molecule has 1 aliphatic heterocycles. The van der Waals surface area contributed by atoms with Gasteiger partial charge in [-0.3, -0.25) is 4.79 Å². The van der Waals surface area contributed by atoms with Crippen molar-refractivity contribution in [2.45, 2.75) is 131 Å². The topological polar surface area (TPSA) is 66.8 Å². The third-order valence-electron chi connectivity index (χ3n) is 14.0. The number of ketones is 1. The Labute approximate surface area is 206 Å². The summed E-state index contributed by atoms with van der Waals surface area (Å²) in [6.45, 7) is 16.6. The molecule has 192 valence electrons. The van der Waals surface area contributed by atoms with Gasteiger partial charge in [0.1, 0.15) is 5.78 Å². The molecule has 0 aromatic carbocycles. The Hall–Kier alpha value is -0.450. The highest BCUT2D eigenvalue weighted by Gasteiger charge is 2.82. The lowest BCUT2D eigenvalue weighted by molar-refractivity contribution is -0.294. The van der Waals surface area contributed by atoms with Crippen molar-refractivity contribution in [2.24, 2.45) is 50.2 Å². The minimum absolute atomic E-state index is 0.0116. The molecule has 5 saturated carbocycles. The average molecular weight is 473 g/mol. The minimum atomic E-state index is -0.946. The summed E-state index contributed by atoms with van der Waals surface area (Å²) in [6.07, 6.45) is 8.33.